The third kappa shape index (κ3) is 5.54. The van der Waals surface area contributed by atoms with Crippen molar-refractivity contribution in [2.45, 2.75) is 13.0 Å². The van der Waals surface area contributed by atoms with Crippen molar-refractivity contribution < 1.29 is 18.8 Å². The normalized spacial score (nSPS) is 13.8. The van der Waals surface area contributed by atoms with Crippen LogP contribution in [-0.2, 0) is 17.8 Å². The van der Waals surface area contributed by atoms with Crippen LogP contribution in [0.25, 0.3) is 0 Å². The number of hydrogen-bond acceptors (Lipinski definition) is 3. The Morgan fingerprint density at radius 2 is 1.41 bits per heavy atom. The van der Waals surface area contributed by atoms with Gasteiger partial charge in [0.1, 0.15) is 5.82 Å². The van der Waals surface area contributed by atoms with Gasteiger partial charge in [-0.25, -0.2) is 9.18 Å². The van der Waals surface area contributed by atoms with E-state index in [1.807, 2.05) is 0 Å². The third-order valence-corrected chi connectivity index (χ3v) is 4.86. The molecule has 0 spiro atoms. The molecule has 7 nitrogen and oxygen atoms in total. The molecule has 1 aliphatic heterocycles. The predicted molar refractivity (Wildman–Crippen MR) is 105 cm³/mol. The van der Waals surface area contributed by atoms with E-state index < -0.39 is 6.03 Å². The molecule has 3 rings (SSSR count). The van der Waals surface area contributed by atoms with Gasteiger partial charge >= 0.3 is 6.03 Å². The van der Waals surface area contributed by atoms with Crippen LogP contribution in [0.4, 0.5) is 9.18 Å². The fourth-order valence-electron chi connectivity index (χ4n) is 3.18. The summed E-state index contributed by atoms with van der Waals surface area (Å²) in [4.78, 5) is 39.3. The van der Waals surface area contributed by atoms with Crippen LogP contribution in [0.1, 0.15) is 21.5 Å². The molecule has 0 aliphatic carbocycles. The van der Waals surface area contributed by atoms with Crippen LogP contribution < -0.4 is 11.1 Å². The second kappa shape index (κ2) is 9.18. The topological polar surface area (TPSA) is 95.7 Å². The number of rotatable bonds is 5. The zero-order valence-corrected chi connectivity index (χ0v) is 15.9. The molecule has 2 aromatic carbocycles. The van der Waals surface area contributed by atoms with Crippen LogP contribution in [0.15, 0.2) is 48.5 Å². The molecular weight excluding hydrogens is 375 g/mol. The number of halogens is 1. The summed E-state index contributed by atoms with van der Waals surface area (Å²) >= 11 is 0. The molecule has 152 valence electrons. The SMILES string of the molecule is NC(=O)NCc1ccc(C(=O)N2CCN(C(=O)Cc3ccc(F)cc3)CC2)cc1. The van der Waals surface area contributed by atoms with Crippen LogP contribution >= 0.6 is 0 Å². The summed E-state index contributed by atoms with van der Waals surface area (Å²) < 4.78 is 13.0. The minimum atomic E-state index is -0.600. The first kappa shape index (κ1) is 20.3. The molecule has 0 bridgehead atoms. The van der Waals surface area contributed by atoms with Gasteiger partial charge in [0.2, 0.25) is 5.91 Å². The lowest BCUT2D eigenvalue weighted by molar-refractivity contribution is -0.131. The van der Waals surface area contributed by atoms with E-state index in [1.54, 1.807) is 46.2 Å². The number of nitrogens with two attached hydrogens (primary N) is 1. The molecule has 0 radical (unpaired) electrons. The number of benzene rings is 2. The molecule has 8 heteroatoms. The van der Waals surface area contributed by atoms with Crippen molar-refractivity contribution in [3.8, 4) is 0 Å². The van der Waals surface area contributed by atoms with E-state index >= 15 is 0 Å². The lowest BCUT2D eigenvalue weighted by Gasteiger charge is -2.35. The molecule has 29 heavy (non-hydrogen) atoms. The Kier molecular flexibility index (Phi) is 6.43. The van der Waals surface area contributed by atoms with E-state index in [-0.39, 0.29) is 24.1 Å². The van der Waals surface area contributed by atoms with Crippen molar-refractivity contribution in [1.29, 1.82) is 0 Å². The predicted octanol–water partition coefficient (Wildman–Crippen LogP) is 1.52. The summed E-state index contributed by atoms with van der Waals surface area (Å²) in [5.41, 5.74) is 7.21. The van der Waals surface area contributed by atoms with Gasteiger partial charge in [-0.15, -0.1) is 0 Å². The fourth-order valence-corrected chi connectivity index (χ4v) is 3.18. The highest BCUT2D eigenvalue weighted by atomic mass is 19.1. The van der Waals surface area contributed by atoms with E-state index in [1.165, 1.54) is 12.1 Å². The maximum atomic E-state index is 13.0. The summed E-state index contributed by atoms with van der Waals surface area (Å²) in [6, 6.07) is 12.3. The van der Waals surface area contributed by atoms with Crippen LogP contribution in [-0.4, -0.2) is 53.8 Å². The highest BCUT2D eigenvalue weighted by Crippen LogP contribution is 2.12. The summed E-state index contributed by atoms with van der Waals surface area (Å²) in [6.07, 6.45) is 0.217. The number of nitrogens with one attached hydrogen (secondary N) is 1. The van der Waals surface area contributed by atoms with E-state index in [4.69, 9.17) is 5.73 Å². The van der Waals surface area contributed by atoms with Gasteiger partial charge in [0.25, 0.3) is 5.91 Å². The van der Waals surface area contributed by atoms with Gasteiger partial charge in [-0.1, -0.05) is 24.3 Å². The number of amides is 4. The molecule has 0 aromatic heterocycles. The Bertz CT molecular complexity index is 876. The van der Waals surface area contributed by atoms with Gasteiger partial charge in [-0.3, -0.25) is 9.59 Å². The molecule has 1 aliphatic rings. The standard InChI is InChI=1S/C21H23FN4O3/c22-18-7-3-15(4-8-18)13-19(27)25-9-11-26(12-10-25)20(28)17-5-1-16(2-6-17)14-24-21(23)29/h1-8H,9-14H2,(H3,23,24,29). The molecule has 1 saturated heterocycles. The number of primary amides is 1. The second-order valence-electron chi connectivity index (χ2n) is 6.89. The highest BCUT2D eigenvalue weighted by Gasteiger charge is 2.24. The van der Waals surface area contributed by atoms with Crippen LogP contribution in [0, 0.1) is 5.82 Å². The number of urea groups is 1. The van der Waals surface area contributed by atoms with E-state index in [0.717, 1.165) is 11.1 Å². The number of piperazine rings is 1. The molecule has 2 aromatic rings. The minimum absolute atomic E-state index is 0.0324. The molecular formula is C21H23FN4O3. The Labute approximate surface area is 168 Å². The van der Waals surface area contributed by atoms with Gasteiger partial charge in [0.05, 0.1) is 6.42 Å². The monoisotopic (exact) mass is 398 g/mol. The number of carbonyl (C=O) groups excluding carboxylic acids is 3. The van der Waals surface area contributed by atoms with Crippen LogP contribution in [0.5, 0.6) is 0 Å². The van der Waals surface area contributed by atoms with Crippen molar-refractivity contribution in [3.05, 3.63) is 71.0 Å². The summed E-state index contributed by atoms with van der Waals surface area (Å²) in [6.45, 7) is 2.15. The van der Waals surface area contributed by atoms with Gasteiger partial charge in [-0.05, 0) is 35.4 Å². The summed E-state index contributed by atoms with van der Waals surface area (Å²) in [5.74, 6) is -0.453. The molecule has 1 fully saturated rings. The Hall–Kier alpha value is -3.42. The Balaban J connectivity index is 1.50. The molecule has 3 N–H and O–H groups in total. The quantitative estimate of drug-likeness (QED) is 0.799. The number of nitrogens with zero attached hydrogens (tertiary/aromatic N) is 2. The average Bonchev–Trinajstić information content (AvgIpc) is 2.74. The molecule has 1 heterocycles. The minimum Gasteiger partial charge on any atom is -0.352 e. The first-order valence-corrected chi connectivity index (χ1v) is 9.36. The van der Waals surface area contributed by atoms with Gasteiger partial charge in [-0.2, -0.15) is 0 Å². The lowest BCUT2D eigenvalue weighted by Crippen LogP contribution is -2.51. The van der Waals surface area contributed by atoms with Crippen molar-refractivity contribution >= 4 is 17.8 Å². The van der Waals surface area contributed by atoms with Crippen molar-refractivity contribution in [1.82, 2.24) is 15.1 Å². The van der Waals surface area contributed by atoms with E-state index in [0.29, 0.717) is 38.3 Å². The maximum Gasteiger partial charge on any atom is 0.312 e. The second-order valence-corrected chi connectivity index (χ2v) is 6.89. The van der Waals surface area contributed by atoms with Gasteiger partial charge in [0, 0.05) is 38.3 Å². The largest absolute Gasteiger partial charge is 0.352 e. The third-order valence-electron chi connectivity index (χ3n) is 4.86. The van der Waals surface area contributed by atoms with Crippen molar-refractivity contribution in [2.75, 3.05) is 26.2 Å². The smallest absolute Gasteiger partial charge is 0.312 e. The average molecular weight is 398 g/mol. The Morgan fingerprint density at radius 1 is 0.862 bits per heavy atom. The van der Waals surface area contributed by atoms with E-state index in [2.05, 4.69) is 5.32 Å². The first-order valence-electron chi connectivity index (χ1n) is 9.36. The fraction of sp³-hybridized carbons (Fsp3) is 0.286. The van der Waals surface area contributed by atoms with E-state index in [9.17, 15) is 18.8 Å². The number of carbonyl (C=O) groups is 3. The van der Waals surface area contributed by atoms with Crippen LogP contribution in [0.3, 0.4) is 0 Å². The summed E-state index contributed by atoms with van der Waals surface area (Å²) in [5, 5.41) is 2.50. The Morgan fingerprint density at radius 3 is 2.00 bits per heavy atom. The lowest BCUT2D eigenvalue weighted by atomic mass is 10.1. The van der Waals surface area contributed by atoms with Crippen molar-refractivity contribution in [2.24, 2.45) is 5.73 Å². The van der Waals surface area contributed by atoms with Crippen LogP contribution in [0.2, 0.25) is 0 Å². The van der Waals surface area contributed by atoms with Gasteiger partial charge in [0.15, 0.2) is 0 Å². The highest BCUT2D eigenvalue weighted by molar-refractivity contribution is 5.94. The molecule has 0 saturated carbocycles. The summed E-state index contributed by atoms with van der Waals surface area (Å²) in [7, 11) is 0. The molecule has 4 amide bonds. The van der Waals surface area contributed by atoms with Crippen molar-refractivity contribution in [3.63, 3.8) is 0 Å². The maximum absolute atomic E-state index is 13.0. The molecule has 0 unspecified atom stereocenters. The first-order chi connectivity index (χ1) is 13.9. The zero-order chi connectivity index (χ0) is 20.8. The zero-order valence-electron chi connectivity index (χ0n) is 15.9. The molecule has 0 atom stereocenters. The number of hydrogen-bond donors (Lipinski definition) is 2. The van der Waals surface area contributed by atoms with Gasteiger partial charge < -0.3 is 20.9 Å².